The van der Waals surface area contributed by atoms with Gasteiger partial charge in [0.05, 0.1) is 18.7 Å². The molecular formula is C14H19ClFNO3S. The van der Waals surface area contributed by atoms with Crippen molar-refractivity contribution >= 4 is 21.6 Å². The number of halogens is 2. The van der Waals surface area contributed by atoms with Crippen LogP contribution >= 0.6 is 11.6 Å². The van der Waals surface area contributed by atoms with Gasteiger partial charge in [-0.1, -0.05) is 12.1 Å². The van der Waals surface area contributed by atoms with Crippen molar-refractivity contribution in [3.63, 3.8) is 0 Å². The number of benzene rings is 1. The van der Waals surface area contributed by atoms with Crippen LogP contribution < -0.4 is 4.74 Å². The molecule has 0 bridgehead atoms. The average molecular weight is 336 g/mol. The standard InChI is InChI=1S/C14H19ClFNO3S/c1-21(18,19)17-7-3-4-11(9-17)10-20-14-12(8-15)5-2-6-13(14)16/h2,5-6,11H,3-4,7-10H2,1H3. The van der Waals surface area contributed by atoms with Crippen molar-refractivity contribution in [3.8, 4) is 5.75 Å². The summed E-state index contributed by atoms with van der Waals surface area (Å²) in [4.78, 5) is 0. The Kier molecular flexibility index (Phi) is 5.46. The Hall–Kier alpha value is -0.850. The van der Waals surface area contributed by atoms with Crippen LogP contribution in [0, 0.1) is 11.7 Å². The summed E-state index contributed by atoms with van der Waals surface area (Å²) in [5.41, 5.74) is 0.604. The van der Waals surface area contributed by atoms with Crippen LogP contribution in [0.1, 0.15) is 18.4 Å². The normalized spacial score (nSPS) is 20.4. The van der Waals surface area contributed by atoms with E-state index in [1.165, 1.54) is 16.6 Å². The molecule has 1 atom stereocenters. The fraction of sp³-hybridized carbons (Fsp3) is 0.571. The summed E-state index contributed by atoms with van der Waals surface area (Å²) in [5.74, 6) is -0.0306. The molecule has 1 fully saturated rings. The van der Waals surface area contributed by atoms with E-state index in [-0.39, 0.29) is 24.2 Å². The molecular weight excluding hydrogens is 317 g/mol. The first-order valence-corrected chi connectivity index (χ1v) is 9.21. The third-order valence-electron chi connectivity index (χ3n) is 3.61. The monoisotopic (exact) mass is 335 g/mol. The van der Waals surface area contributed by atoms with E-state index in [0.29, 0.717) is 18.7 Å². The van der Waals surface area contributed by atoms with Gasteiger partial charge in [-0.25, -0.2) is 17.1 Å². The predicted octanol–water partition coefficient (Wildman–Crippen LogP) is 2.61. The van der Waals surface area contributed by atoms with Gasteiger partial charge in [0.25, 0.3) is 0 Å². The zero-order valence-electron chi connectivity index (χ0n) is 11.9. The molecule has 1 aliphatic rings. The van der Waals surface area contributed by atoms with Crippen molar-refractivity contribution in [1.82, 2.24) is 4.31 Å². The molecule has 1 saturated heterocycles. The molecule has 1 heterocycles. The van der Waals surface area contributed by atoms with Crippen LogP contribution in [0.5, 0.6) is 5.75 Å². The highest BCUT2D eigenvalue weighted by Gasteiger charge is 2.26. The van der Waals surface area contributed by atoms with Crippen LogP contribution in [-0.2, 0) is 15.9 Å². The second kappa shape index (κ2) is 6.94. The minimum Gasteiger partial charge on any atom is -0.490 e. The van der Waals surface area contributed by atoms with Crippen LogP contribution in [0.3, 0.4) is 0 Å². The zero-order valence-corrected chi connectivity index (χ0v) is 13.5. The summed E-state index contributed by atoms with van der Waals surface area (Å²) in [6.07, 6.45) is 2.87. The first kappa shape index (κ1) is 16.5. The lowest BCUT2D eigenvalue weighted by molar-refractivity contribution is 0.175. The molecule has 1 aromatic carbocycles. The summed E-state index contributed by atoms with van der Waals surface area (Å²) in [6, 6.07) is 4.63. The Balaban J connectivity index is 2.00. The van der Waals surface area contributed by atoms with Gasteiger partial charge in [-0.2, -0.15) is 0 Å². The number of alkyl halides is 1. The van der Waals surface area contributed by atoms with Gasteiger partial charge in [0, 0.05) is 24.6 Å². The van der Waals surface area contributed by atoms with Crippen molar-refractivity contribution in [2.24, 2.45) is 5.92 Å². The third-order valence-corrected chi connectivity index (χ3v) is 5.16. The van der Waals surface area contributed by atoms with Gasteiger partial charge in [-0.15, -0.1) is 11.6 Å². The summed E-state index contributed by atoms with van der Waals surface area (Å²) >= 11 is 5.77. The summed E-state index contributed by atoms with van der Waals surface area (Å²) in [5, 5.41) is 0. The van der Waals surface area contributed by atoms with E-state index in [1.807, 2.05) is 0 Å². The highest BCUT2D eigenvalue weighted by molar-refractivity contribution is 7.88. The molecule has 0 aliphatic carbocycles. The highest BCUT2D eigenvalue weighted by atomic mass is 35.5. The van der Waals surface area contributed by atoms with Crippen LogP contribution in [0.25, 0.3) is 0 Å². The van der Waals surface area contributed by atoms with Crippen LogP contribution in [0.15, 0.2) is 18.2 Å². The van der Waals surface area contributed by atoms with Gasteiger partial charge in [0.2, 0.25) is 10.0 Å². The maximum absolute atomic E-state index is 13.8. The Bertz CT molecular complexity index is 594. The fourth-order valence-corrected chi connectivity index (χ4v) is 3.64. The molecule has 0 aromatic heterocycles. The first-order valence-electron chi connectivity index (χ1n) is 6.83. The molecule has 0 saturated carbocycles. The van der Waals surface area contributed by atoms with Crippen molar-refractivity contribution < 1.29 is 17.5 Å². The van der Waals surface area contributed by atoms with Crippen molar-refractivity contribution in [1.29, 1.82) is 0 Å². The van der Waals surface area contributed by atoms with Crippen molar-refractivity contribution in [3.05, 3.63) is 29.6 Å². The molecule has 2 rings (SSSR count). The number of rotatable bonds is 5. The molecule has 4 nitrogen and oxygen atoms in total. The van der Waals surface area contributed by atoms with Crippen LogP contribution in [0.2, 0.25) is 0 Å². The van der Waals surface area contributed by atoms with E-state index < -0.39 is 15.8 Å². The van der Waals surface area contributed by atoms with E-state index in [9.17, 15) is 12.8 Å². The largest absolute Gasteiger partial charge is 0.490 e. The summed E-state index contributed by atoms with van der Waals surface area (Å²) < 4.78 is 43.9. The Morgan fingerprint density at radius 2 is 2.24 bits per heavy atom. The lowest BCUT2D eigenvalue weighted by Gasteiger charge is -2.30. The van der Waals surface area contributed by atoms with E-state index in [4.69, 9.17) is 16.3 Å². The summed E-state index contributed by atoms with van der Waals surface area (Å²) in [7, 11) is -3.18. The highest BCUT2D eigenvalue weighted by Crippen LogP contribution is 2.26. The van der Waals surface area contributed by atoms with E-state index in [2.05, 4.69) is 0 Å². The molecule has 7 heteroatoms. The maximum atomic E-state index is 13.8. The third kappa shape index (κ3) is 4.31. The van der Waals surface area contributed by atoms with Crippen LogP contribution in [0.4, 0.5) is 4.39 Å². The topological polar surface area (TPSA) is 46.6 Å². The van der Waals surface area contributed by atoms with Gasteiger partial charge in [0.15, 0.2) is 11.6 Å². The first-order chi connectivity index (χ1) is 9.91. The molecule has 1 aliphatic heterocycles. The Morgan fingerprint density at radius 1 is 1.48 bits per heavy atom. The average Bonchev–Trinajstić information content (AvgIpc) is 2.45. The smallest absolute Gasteiger partial charge is 0.211 e. The van der Waals surface area contributed by atoms with Crippen molar-refractivity contribution in [2.75, 3.05) is 26.0 Å². The zero-order chi connectivity index (χ0) is 15.5. The van der Waals surface area contributed by atoms with Gasteiger partial charge >= 0.3 is 0 Å². The second-order valence-corrected chi connectivity index (χ2v) is 7.55. The minimum absolute atomic E-state index is 0.0660. The van der Waals surface area contributed by atoms with E-state index in [1.54, 1.807) is 12.1 Å². The van der Waals surface area contributed by atoms with E-state index in [0.717, 1.165) is 12.8 Å². The maximum Gasteiger partial charge on any atom is 0.211 e. The number of ether oxygens (including phenoxy) is 1. The lowest BCUT2D eigenvalue weighted by atomic mass is 10.0. The van der Waals surface area contributed by atoms with Gasteiger partial charge in [0.1, 0.15) is 0 Å². The van der Waals surface area contributed by atoms with Gasteiger partial charge in [-0.05, 0) is 18.9 Å². The van der Waals surface area contributed by atoms with Crippen LogP contribution in [-0.4, -0.2) is 38.7 Å². The van der Waals surface area contributed by atoms with Crippen molar-refractivity contribution in [2.45, 2.75) is 18.7 Å². The fourth-order valence-electron chi connectivity index (χ4n) is 2.49. The molecule has 1 unspecified atom stereocenters. The molecule has 0 amide bonds. The molecule has 1 aromatic rings. The summed E-state index contributed by atoms with van der Waals surface area (Å²) in [6.45, 7) is 1.25. The molecule has 118 valence electrons. The Morgan fingerprint density at radius 3 is 2.90 bits per heavy atom. The van der Waals surface area contributed by atoms with E-state index >= 15 is 0 Å². The number of hydrogen-bond acceptors (Lipinski definition) is 3. The minimum atomic E-state index is -3.18. The second-order valence-electron chi connectivity index (χ2n) is 5.30. The number of nitrogens with zero attached hydrogens (tertiary/aromatic N) is 1. The number of para-hydroxylation sites is 1. The molecule has 21 heavy (non-hydrogen) atoms. The molecule has 0 radical (unpaired) electrons. The quantitative estimate of drug-likeness (QED) is 0.777. The SMILES string of the molecule is CS(=O)(=O)N1CCCC(COc2c(F)cccc2CCl)C1. The number of sulfonamides is 1. The molecule has 0 spiro atoms. The number of piperidine rings is 1. The molecule has 0 N–H and O–H groups in total. The lowest BCUT2D eigenvalue weighted by Crippen LogP contribution is -2.41. The number of hydrogen-bond donors (Lipinski definition) is 0. The van der Waals surface area contributed by atoms with Gasteiger partial charge in [-0.3, -0.25) is 0 Å². The Labute approximate surface area is 129 Å². The predicted molar refractivity (Wildman–Crippen MR) is 80.6 cm³/mol. The van der Waals surface area contributed by atoms with Gasteiger partial charge < -0.3 is 4.74 Å².